The van der Waals surface area contributed by atoms with E-state index in [2.05, 4.69) is 24.1 Å². The van der Waals surface area contributed by atoms with Crippen LogP contribution in [0.1, 0.15) is 29.8 Å². The zero-order valence-corrected chi connectivity index (χ0v) is 20.0. The normalized spacial score (nSPS) is 19.7. The number of hydrogen-bond donors (Lipinski definition) is 1. The molecule has 0 radical (unpaired) electrons. The summed E-state index contributed by atoms with van der Waals surface area (Å²) in [5, 5.41) is 2.77. The first-order chi connectivity index (χ1) is 15.1. The number of methoxy groups -OCH3 is 1. The van der Waals surface area contributed by atoms with Crippen LogP contribution < -0.4 is 10.1 Å². The van der Waals surface area contributed by atoms with Crippen molar-refractivity contribution in [1.29, 1.82) is 0 Å². The van der Waals surface area contributed by atoms with Gasteiger partial charge >= 0.3 is 0 Å². The lowest BCUT2D eigenvalue weighted by atomic mass is 10.1. The van der Waals surface area contributed by atoms with Crippen LogP contribution in [-0.4, -0.2) is 70.0 Å². The molecular weight excluding hydrogens is 430 g/mol. The molecular formula is C23H31N3O5S. The van der Waals surface area contributed by atoms with Gasteiger partial charge in [0.15, 0.2) is 0 Å². The predicted molar refractivity (Wildman–Crippen MR) is 124 cm³/mol. The molecule has 174 valence electrons. The Kier molecular flexibility index (Phi) is 7.55. The van der Waals surface area contributed by atoms with Gasteiger partial charge in [-0.3, -0.25) is 9.69 Å². The van der Waals surface area contributed by atoms with Crippen molar-refractivity contribution in [2.45, 2.75) is 37.5 Å². The maximum absolute atomic E-state index is 12.8. The van der Waals surface area contributed by atoms with Crippen LogP contribution in [0.3, 0.4) is 0 Å². The molecule has 1 aliphatic rings. The van der Waals surface area contributed by atoms with Crippen LogP contribution >= 0.6 is 0 Å². The molecule has 0 bridgehead atoms. The Morgan fingerprint density at radius 1 is 1.12 bits per heavy atom. The number of nitrogens with one attached hydrogen (secondary N) is 1. The van der Waals surface area contributed by atoms with E-state index in [9.17, 15) is 13.2 Å². The molecule has 0 saturated carbocycles. The molecule has 2 aromatic rings. The van der Waals surface area contributed by atoms with Crippen LogP contribution in [0.25, 0.3) is 0 Å². The van der Waals surface area contributed by atoms with E-state index < -0.39 is 10.0 Å². The number of amides is 1. The molecule has 1 saturated heterocycles. The molecule has 2 atom stereocenters. The van der Waals surface area contributed by atoms with Crippen molar-refractivity contribution >= 4 is 21.6 Å². The number of hydrogen-bond acceptors (Lipinski definition) is 6. The third kappa shape index (κ3) is 5.66. The van der Waals surface area contributed by atoms with Gasteiger partial charge in [-0.1, -0.05) is 12.1 Å². The highest BCUT2D eigenvalue weighted by Gasteiger charge is 2.22. The first kappa shape index (κ1) is 24.2. The zero-order valence-electron chi connectivity index (χ0n) is 19.2. The lowest BCUT2D eigenvalue weighted by molar-refractivity contribution is -0.0704. The lowest BCUT2D eigenvalue weighted by Crippen LogP contribution is -2.44. The standard InChI is InChI=1S/C23H31N3O5S/c1-16-13-26(14-17(2)31-16)15-18-6-8-19(9-7-18)23(27)24-21-12-20(10-11-22(21)30-5)32(28,29)25(3)4/h6-12,16-17H,13-15H2,1-5H3,(H,24,27). The van der Waals surface area contributed by atoms with Crippen LogP contribution in [0.15, 0.2) is 47.4 Å². The molecule has 2 aromatic carbocycles. The fourth-order valence-electron chi connectivity index (χ4n) is 3.78. The second-order valence-corrected chi connectivity index (χ2v) is 10.4. The molecule has 0 spiro atoms. The number of carbonyl (C=O) groups excluding carboxylic acids is 1. The minimum absolute atomic E-state index is 0.0721. The van der Waals surface area contributed by atoms with E-state index in [1.54, 1.807) is 12.1 Å². The average molecular weight is 462 g/mol. The van der Waals surface area contributed by atoms with Gasteiger partial charge in [0.05, 0.1) is 29.9 Å². The first-order valence-corrected chi connectivity index (χ1v) is 11.9. The molecule has 8 nitrogen and oxygen atoms in total. The Bertz CT molecular complexity index is 1040. The summed E-state index contributed by atoms with van der Waals surface area (Å²) in [6, 6.07) is 11.8. The maximum atomic E-state index is 12.8. The second-order valence-electron chi connectivity index (χ2n) is 8.25. The van der Waals surface area contributed by atoms with E-state index >= 15 is 0 Å². The summed E-state index contributed by atoms with van der Waals surface area (Å²) in [6.07, 6.45) is 0.400. The van der Waals surface area contributed by atoms with E-state index in [1.165, 1.54) is 39.4 Å². The van der Waals surface area contributed by atoms with E-state index in [1.807, 2.05) is 12.1 Å². The fraction of sp³-hybridized carbons (Fsp3) is 0.435. The number of sulfonamides is 1. The first-order valence-electron chi connectivity index (χ1n) is 10.5. The average Bonchev–Trinajstić information content (AvgIpc) is 2.73. The molecule has 1 fully saturated rings. The molecule has 1 amide bonds. The van der Waals surface area contributed by atoms with Gasteiger partial charge in [0.1, 0.15) is 5.75 Å². The fourth-order valence-corrected chi connectivity index (χ4v) is 4.71. The van der Waals surface area contributed by atoms with Gasteiger partial charge in [-0.15, -0.1) is 0 Å². The van der Waals surface area contributed by atoms with E-state index in [-0.39, 0.29) is 23.0 Å². The van der Waals surface area contributed by atoms with Crippen molar-refractivity contribution in [3.05, 3.63) is 53.6 Å². The molecule has 1 N–H and O–H groups in total. The quantitative estimate of drug-likeness (QED) is 0.682. The molecule has 32 heavy (non-hydrogen) atoms. The van der Waals surface area contributed by atoms with Gasteiger partial charge < -0.3 is 14.8 Å². The Balaban J connectivity index is 1.73. The minimum atomic E-state index is -3.64. The molecule has 0 aliphatic carbocycles. The summed E-state index contributed by atoms with van der Waals surface area (Å²) in [6.45, 7) is 6.68. The van der Waals surface area contributed by atoms with Crippen LogP contribution in [0, 0.1) is 0 Å². The Hall–Kier alpha value is -2.46. The molecule has 2 unspecified atom stereocenters. The minimum Gasteiger partial charge on any atom is -0.495 e. The van der Waals surface area contributed by atoms with Crippen molar-refractivity contribution in [3.63, 3.8) is 0 Å². The summed E-state index contributed by atoms with van der Waals surface area (Å²) >= 11 is 0. The third-order valence-electron chi connectivity index (χ3n) is 5.32. The molecule has 9 heteroatoms. The Morgan fingerprint density at radius 2 is 1.75 bits per heavy atom. The number of carbonyl (C=O) groups is 1. The molecule has 1 heterocycles. The SMILES string of the molecule is COc1ccc(S(=O)(=O)N(C)C)cc1NC(=O)c1ccc(CN2CC(C)OC(C)C2)cc1. The number of anilines is 1. The monoisotopic (exact) mass is 461 g/mol. The lowest BCUT2D eigenvalue weighted by Gasteiger charge is -2.35. The van der Waals surface area contributed by atoms with Crippen LogP contribution in [0.2, 0.25) is 0 Å². The largest absolute Gasteiger partial charge is 0.495 e. The summed E-state index contributed by atoms with van der Waals surface area (Å²) in [5.41, 5.74) is 1.88. The van der Waals surface area contributed by atoms with Crippen LogP contribution in [0.4, 0.5) is 5.69 Å². The summed E-state index contributed by atoms with van der Waals surface area (Å²) < 4.78 is 37.1. The van der Waals surface area contributed by atoms with Gasteiger partial charge in [0.25, 0.3) is 5.91 Å². The summed E-state index contributed by atoms with van der Waals surface area (Å²) in [5.74, 6) is 0.0334. The van der Waals surface area contributed by atoms with Crippen molar-refractivity contribution in [2.24, 2.45) is 0 Å². The topological polar surface area (TPSA) is 88.2 Å². The Morgan fingerprint density at radius 3 is 2.31 bits per heavy atom. The van der Waals surface area contributed by atoms with Gasteiger partial charge in [-0.05, 0) is 49.7 Å². The van der Waals surface area contributed by atoms with Crippen LogP contribution in [-0.2, 0) is 21.3 Å². The van der Waals surface area contributed by atoms with Gasteiger partial charge in [0.2, 0.25) is 10.0 Å². The third-order valence-corrected chi connectivity index (χ3v) is 7.13. The molecule has 0 aromatic heterocycles. The number of morpholine rings is 1. The summed E-state index contributed by atoms with van der Waals surface area (Å²) in [7, 11) is 0.738. The van der Waals surface area contributed by atoms with Crippen molar-refractivity contribution < 1.29 is 22.7 Å². The smallest absolute Gasteiger partial charge is 0.255 e. The van der Waals surface area contributed by atoms with Gasteiger partial charge in [0, 0.05) is 39.3 Å². The van der Waals surface area contributed by atoms with Gasteiger partial charge in [-0.2, -0.15) is 0 Å². The van der Waals surface area contributed by atoms with E-state index in [4.69, 9.17) is 9.47 Å². The summed E-state index contributed by atoms with van der Waals surface area (Å²) in [4.78, 5) is 15.2. The second kappa shape index (κ2) is 9.99. The highest BCUT2D eigenvalue weighted by atomic mass is 32.2. The molecule has 3 rings (SSSR count). The number of nitrogens with zero attached hydrogens (tertiary/aromatic N) is 2. The zero-order chi connectivity index (χ0) is 23.5. The number of ether oxygens (including phenoxy) is 2. The predicted octanol–water partition coefficient (Wildman–Crippen LogP) is 2.81. The van der Waals surface area contributed by atoms with Crippen molar-refractivity contribution in [3.8, 4) is 5.75 Å². The van der Waals surface area contributed by atoms with Gasteiger partial charge in [-0.25, -0.2) is 12.7 Å². The number of benzene rings is 2. The highest BCUT2D eigenvalue weighted by Crippen LogP contribution is 2.29. The Labute approximate surface area is 190 Å². The van der Waals surface area contributed by atoms with Crippen molar-refractivity contribution in [2.75, 3.05) is 39.6 Å². The molecule has 1 aliphatic heterocycles. The maximum Gasteiger partial charge on any atom is 0.255 e. The number of rotatable bonds is 7. The van der Waals surface area contributed by atoms with E-state index in [0.29, 0.717) is 17.0 Å². The van der Waals surface area contributed by atoms with Crippen molar-refractivity contribution in [1.82, 2.24) is 9.21 Å². The van der Waals surface area contributed by atoms with E-state index in [0.717, 1.165) is 29.5 Å². The highest BCUT2D eigenvalue weighted by molar-refractivity contribution is 7.89. The van der Waals surface area contributed by atoms with Crippen LogP contribution in [0.5, 0.6) is 5.75 Å².